The smallest absolute Gasteiger partial charge is 0.191 e. The molecule has 4 heteroatoms. The van der Waals surface area contributed by atoms with Crippen LogP contribution in [0.3, 0.4) is 0 Å². The average molecular weight is 258 g/mol. The van der Waals surface area contributed by atoms with Gasteiger partial charge in [0, 0.05) is 12.5 Å². The quantitative estimate of drug-likeness (QED) is 0.480. The number of benzene rings is 1. The van der Waals surface area contributed by atoms with Crippen LogP contribution >= 0.6 is 0 Å². The Kier molecular flexibility index (Phi) is 4.57. The van der Waals surface area contributed by atoms with Crippen LogP contribution in [0.1, 0.15) is 24.2 Å². The first-order valence-electron chi connectivity index (χ1n) is 5.97. The summed E-state index contributed by atoms with van der Waals surface area (Å²) < 4.78 is 25.5. The van der Waals surface area contributed by atoms with Crippen molar-refractivity contribution in [1.29, 1.82) is 0 Å². The van der Waals surface area contributed by atoms with Crippen LogP contribution in [-0.4, -0.2) is 9.97 Å². The molecule has 0 saturated heterocycles. The molecule has 1 heterocycles. The maximum absolute atomic E-state index is 12.8. The monoisotopic (exact) mass is 258 g/mol. The number of hydrogen-bond donors (Lipinski definition) is 0. The molecule has 1 aromatic carbocycles. The third kappa shape index (κ3) is 4.47. The van der Waals surface area contributed by atoms with E-state index in [-0.39, 0.29) is 5.82 Å². The fourth-order valence-electron chi connectivity index (χ4n) is 1.61. The van der Waals surface area contributed by atoms with E-state index in [1.807, 2.05) is 18.2 Å². The summed E-state index contributed by atoms with van der Waals surface area (Å²) in [5, 5.41) is 0. The number of rotatable bonds is 3. The predicted molar refractivity (Wildman–Crippen MR) is 68.2 cm³/mol. The minimum atomic E-state index is -0.902. The van der Waals surface area contributed by atoms with Crippen LogP contribution in [0.4, 0.5) is 8.78 Å². The fraction of sp³-hybridized carbons (Fsp3) is 0.200. The zero-order valence-corrected chi connectivity index (χ0v) is 10.2. The molecule has 0 saturated carbocycles. The molecule has 0 aliphatic heterocycles. The summed E-state index contributed by atoms with van der Waals surface area (Å²) in [4.78, 5) is 6.80. The van der Waals surface area contributed by atoms with E-state index in [4.69, 9.17) is 0 Å². The van der Waals surface area contributed by atoms with Gasteiger partial charge in [0.1, 0.15) is 0 Å². The molecule has 0 atom stereocenters. The van der Waals surface area contributed by atoms with Gasteiger partial charge in [-0.15, -0.1) is 0 Å². The normalized spacial score (nSPS) is 9.79. The van der Waals surface area contributed by atoms with Gasteiger partial charge in [0.25, 0.3) is 0 Å². The van der Waals surface area contributed by atoms with E-state index in [0.717, 1.165) is 12.8 Å². The first-order chi connectivity index (χ1) is 9.24. The third-order valence-corrected chi connectivity index (χ3v) is 2.47. The Morgan fingerprint density at radius 2 is 1.68 bits per heavy atom. The molecule has 0 amide bonds. The van der Waals surface area contributed by atoms with Crippen LogP contribution in [0.2, 0.25) is 0 Å². The summed E-state index contributed by atoms with van der Waals surface area (Å²) >= 11 is 0. The van der Waals surface area contributed by atoms with Crippen molar-refractivity contribution in [2.24, 2.45) is 0 Å². The van der Waals surface area contributed by atoms with Crippen LogP contribution < -0.4 is 0 Å². The van der Waals surface area contributed by atoms with Gasteiger partial charge in [0.2, 0.25) is 17.7 Å². The molecule has 19 heavy (non-hydrogen) atoms. The minimum Gasteiger partial charge on any atom is -0.191 e. The number of aryl methyl sites for hydroxylation is 1. The van der Waals surface area contributed by atoms with Crippen LogP contribution in [0.25, 0.3) is 0 Å². The Morgan fingerprint density at radius 3 is 2.37 bits per heavy atom. The van der Waals surface area contributed by atoms with Crippen LogP contribution in [0.5, 0.6) is 0 Å². The molecule has 0 N–H and O–H groups in total. The highest BCUT2D eigenvalue weighted by Crippen LogP contribution is 2.04. The summed E-state index contributed by atoms with van der Waals surface area (Å²) in [5.41, 5.74) is 1.25. The standard InChI is InChI=1S/C15H12F2N2/c16-13-11-14(17)19-15(18-13)10-6-2-5-9-12-7-3-1-4-8-12/h1,3-4,7-8,11H,2,5,9H2. The number of aromatic nitrogens is 2. The molecular weight excluding hydrogens is 246 g/mol. The predicted octanol–water partition coefficient (Wildman–Crippen LogP) is 3.13. The summed E-state index contributed by atoms with van der Waals surface area (Å²) in [7, 11) is 0. The molecule has 0 spiro atoms. The molecule has 0 aliphatic rings. The molecule has 2 nitrogen and oxygen atoms in total. The van der Waals surface area contributed by atoms with Crippen molar-refractivity contribution in [1.82, 2.24) is 9.97 Å². The second kappa shape index (κ2) is 6.60. The lowest BCUT2D eigenvalue weighted by Gasteiger charge is -1.96. The van der Waals surface area contributed by atoms with E-state index >= 15 is 0 Å². The van der Waals surface area contributed by atoms with Crippen LogP contribution in [0.15, 0.2) is 36.4 Å². The number of unbranched alkanes of at least 4 members (excludes halogenated alkanes) is 1. The van der Waals surface area contributed by atoms with E-state index in [0.29, 0.717) is 12.5 Å². The lowest BCUT2D eigenvalue weighted by atomic mass is 10.1. The SMILES string of the molecule is Fc1cc(F)nc(C#CCCCc2ccccc2)n1. The summed E-state index contributed by atoms with van der Waals surface area (Å²) in [6.45, 7) is 0. The molecule has 1 aromatic heterocycles. The molecule has 0 fully saturated rings. The lowest BCUT2D eigenvalue weighted by molar-refractivity contribution is 0.522. The van der Waals surface area contributed by atoms with Gasteiger partial charge in [-0.1, -0.05) is 36.3 Å². The zero-order chi connectivity index (χ0) is 13.5. The summed E-state index contributed by atoms with van der Waals surface area (Å²) in [6.07, 6.45) is 2.44. The van der Waals surface area contributed by atoms with Crippen molar-refractivity contribution in [2.45, 2.75) is 19.3 Å². The highest BCUT2D eigenvalue weighted by Gasteiger charge is 2.00. The van der Waals surface area contributed by atoms with Gasteiger partial charge >= 0.3 is 0 Å². The first-order valence-corrected chi connectivity index (χ1v) is 5.97. The fourth-order valence-corrected chi connectivity index (χ4v) is 1.61. The molecule has 2 rings (SSSR count). The van der Waals surface area contributed by atoms with Gasteiger partial charge in [-0.05, 0) is 24.3 Å². The minimum absolute atomic E-state index is 0.114. The summed E-state index contributed by atoms with van der Waals surface area (Å²) in [5.74, 6) is 3.46. The Hall–Kier alpha value is -2.28. The van der Waals surface area contributed by atoms with Gasteiger partial charge in [0.05, 0.1) is 0 Å². The molecule has 0 radical (unpaired) electrons. The Bertz CT molecular complexity index is 580. The van der Waals surface area contributed by atoms with Crippen molar-refractivity contribution >= 4 is 0 Å². The topological polar surface area (TPSA) is 25.8 Å². The van der Waals surface area contributed by atoms with E-state index in [2.05, 4.69) is 33.9 Å². The number of halogens is 2. The van der Waals surface area contributed by atoms with Gasteiger partial charge < -0.3 is 0 Å². The molecule has 0 unspecified atom stereocenters. The zero-order valence-electron chi connectivity index (χ0n) is 10.2. The number of hydrogen-bond acceptors (Lipinski definition) is 2. The van der Waals surface area contributed by atoms with Crippen LogP contribution in [-0.2, 0) is 6.42 Å². The third-order valence-electron chi connectivity index (χ3n) is 2.47. The van der Waals surface area contributed by atoms with Gasteiger partial charge in [0.15, 0.2) is 0 Å². The Balaban J connectivity index is 1.84. The second-order valence-corrected chi connectivity index (χ2v) is 3.98. The molecular formula is C15H12F2N2. The van der Waals surface area contributed by atoms with E-state index in [9.17, 15) is 8.78 Å². The van der Waals surface area contributed by atoms with Crippen molar-refractivity contribution < 1.29 is 8.78 Å². The molecule has 0 aliphatic carbocycles. The maximum atomic E-state index is 12.8. The number of nitrogens with zero attached hydrogens (tertiary/aromatic N) is 2. The maximum Gasteiger partial charge on any atom is 0.219 e. The largest absolute Gasteiger partial charge is 0.219 e. The molecule has 0 bridgehead atoms. The first kappa shape index (κ1) is 13.2. The molecule has 2 aromatic rings. The average Bonchev–Trinajstić information content (AvgIpc) is 2.38. The van der Waals surface area contributed by atoms with E-state index < -0.39 is 11.9 Å². The molecule has 96 valence electrons. The Morgan fingerprint density at radius 1 is 1.00 bits per heavy atom. The second-order valence-electron chi connectivity index (χ2n) is 3.98. The Labute approximate surface area is 110 Å². The van der Waals surface area contributed by atoms with Crippen molar-refractivity contribution in [3.05, 3.63) is 59.7 Å². The van der Waals surface area contributed by atoms with Crippen molar-refractivity contribution in [3.8, 4) is 11.8 Å². The highest BCUT2D eigenvalue weighted by molar-refractivity contribution is 5.20. The van der Waals surface area contributed by atoms with Crippen molar-refractivity contribution in [3.63, 3.8) is 0 Å². The van der Waals surface area contributed by atoms with Gasteiger partial charge in [-0.2, -0.15) is 18.7 Å². The van der Waals surface area contributed by atoms with E-state index in [1.165, 1.54) is 5.56 Å². The highest BCUT2D eigenvalue weighted by atomic mass is 19.1. The van der Waals surface area contributed by atoms with Gasteiger partial charge in [-0.25, -0.2) is 0 Å². The summed E-state index contributed by atoms with van der Waals surface area (Å²) in [6, 6.07) is 10.7. The van der Waals surface area contributed by atoms with Gasteiger partial charge in [-0.3, -0.25) is 0 Å². The lowest BCUT2D eigenvalue weighted by Crippen LogP contribution is -1.95. The van der Waals surface area contributed by atoms with Crippen LogP contribution in [0, 0.1) is 23.7 Å². The van der Waals surface area contributed by atoms with Crippen molar-refractivity contribution in [2.75, 3.05) is 0 Å². The van der Waals surface area contributed by atoms with E-state index in [1.54, 1.807) is 0 Å².